The summed E-state index contributed by atoms with van der Waals surface area (Å²) in [7, 11) is 0. The van der Waals surface area contributed by atoms with Gasteiger partial charge in [-0.1, -0.05) is 19.6 Å². The van der Waals surface area contributed by atoms with Gasteiger partial charge in [-0.3, -0.25) is 0 Å². The highest BCUT2D eigenvalue weighted by Gasteiger charge is 1.86. The lowest BCUT2D eigenvalue weighted by Gasteiger charge is -2.01. The zero-order chi connectivity index (χ0) is 7.66. The molecule has 0 aromatic heterocycles. The Kier molecular flexibility index (Phi) is 9.52. The van der Waals surface area contributed by atoms with Gasteiger partial charge in [0, 0.05) is 12.4 Å². The van der Waals surface area contributed by atoms with Crippen LogP contribution in [0.4, 0.5) is 0 Å². The summed E-state index contributed by atoms with van der Waals surface area (Å²) in [5.74, 6) is 0.674. The molecule has 0 atom stereocenters. The molecule has 0 bridgehead atoms. The molecule has 10 heavy (non-hydrogen) atoms. The number of hydrogen-bond donors (Lipinski definition) is 0. The summed E-state index contributed by atoms with van der Waals surface area (Å²) in [6.07, 6.45) is 1.07. The van der Waals surface area contributed by atoms with E-state index in [1.807, 2.05) is 0 Å². The van der Waals surface area contributed by atoms with Crippen molar-refractivity contribution in [2.24, 2.45) is 0 Å². The normalized spacial score (nSPS) is 10.2. The fourth-order valence-electron chi connectivity index (χ4n) is 0.525. The molecule has 0 aromatic rings. The highest BCUT2D eigenvalue weighted by Crippen LogP contribution is 1.82. The van der Waals surface area contributed by atoms with Crippen molar-refractivity contribution in [3.63, 3.8) is 0 Å². The molecule has 0 aliphatic rings. The predicted octanol–water partition coefficient (Wildman–Crippen LogP) is 1.63. The lowest BCUT2D eigenvalue weighted by atomic mass is 10.5. The topological polar surface area (TPSA) is 18.5 Å². The molecule has 0 aliphatic heterocycles. The van der Waals surface area contributed by atoms with E-state index in [9.17, 15) is 0 Å². The van der Waals surface area contributed by atoms with E-state index in [0.29, 0.717) is 25.6 Å². The Morgan fingerprint density at radius 2 is 1.60 bits per heavy atom. The zero-order valence-electron chi connectivity index (χ0n) is 6.47. The molecule has 0 aliphatic carbocycles. The Hall–Kier alpha value is 0.270. The van der Waals surface area contributed by atoms with E-state index in [-0.39, 0.29) is 0 Å². The van der Waals surface area contributed by atoms with Crippen LogP contribution in [0.1, 0.15) is 13.3 Å². The Labute approximate surface area is 68.3 Å². The van der Waals surface area contributed by atoms with Gasteiger partial charge in [0.25, 0.3) is 0 Å². The van der Waals surface area contributed by atoms with Crippen molar-refractivity contribution in [3.05, 3.63) is 0 Å². The average molecular weight is 163 g/mol. The standard InChI is InChI=1S/C7H15O2S/c1-2-3-8-4-5-9-6-7-10/h2-7H2,1H3. The van der Waals surface area contributed by atoms with Crippen LogP contribution in [0.15, 0.2) is 0 Å². The summed E-state index contributed by atoms with van der Waals surface area (Å²) >= 11 is 4.69. The van der Waals surface area contributed by atoms with Gasteiger partial charge in [-0.05, 0) is 6.42 Å². The van der Waals surface area contributed by atoms with E-state index < -0.39 is 0 Å². The monoisotopic (exact) mass is 163 g/mol. The first-order chi connectivity index (χ1) is 4.91. The van der Waals surface area contributed by atoms with Gasteiger partial charge in [-0.2, -0.15) is 0 Å². The van der Waals surface area contributed by atoms with Gasteiger partial charge < -0.3 is 9.47 Å². The molecule has 0 spiro atoms. The van der Waals surface area contributed by atoms with Crippen LogP contribution in [0.25, 0.3) is 0 Å². The van der Waals surface area contributed by atoms with Gasteiger partial charge >= 0.3 is 0 Å². The molecule has 2 nitrogen and oxygen atoms in total. The van der Waals surface area contributed by atoms with Crippen molar-refractivity contribution < 1.29 is 9.47 Å². The van der Waals surface area contributed by atoms with Gasteiger partial charge in [0.2, 0.25) is 0 Å². The van der Waals surface area contributed by atoms with E-state index in [1.165, 1.54) is 0 Å². The van der Waals surface area contributed by atoms with E-state index >= 15 is 0 Å². The Morgan fingerprint density at radius 3 is 2.10 bits per heavy atom. The Bertz CT molecular complexity index is 51.6. The third-order valence-corrected chi connectivity index (χ3v) is 1.11. The first-order valence-electron chi connectivity index (χ1n) is 3.65. The van der Waals surface area contributed by atoms with Gasteiger partial charge in [-0.15, -0.1) is 0 Å². The van der Waals surface area contributed by atoms with Crippen molar-refractivity contribution in [1.29, 1.82) is 0 Å². The van der Waals surface area contributed by atoms with Crippen LogP contribution in [0.2, 0.25) is 0 Å². The molecule has 0 heterocycles. The zero-order valence-corrected chi connectivity index (χ0v) is 7.28. The minimum atomic E-state index is 0.671. The van der Waals surface area contributed by atoms with Crippen LogP contribution in [0.3, 0.4) is 0 Å². The number of rotatable bonds is 7. The molecule has 0 saturated carbocycles. The second-order valence-electron chi connectivity index (χ2n) is 1.93. The fraction of sp³-hybridized carbons (Fsp3) is 1.00. The summed E-state index contributed by atoms with van der Waals surface area (Å²) in [6.45, 7) is 4.96. The van der Waals surface area contributed by atoms with Crippen molar-refractivity contribution in [3.8, 4) is 0 Å². The highest BCUT2D eigenvalue weighted by atomic mass is 32.1. The van der Waals surface area contributed by atoms with Crippen molar-refractivity contribution >= 4 is 12.6 Å². The third-order valence-electron chi connectivity index (χ3n) is 0.948. The summed E-state index contributed by atoms with van der Waals surface area (Å²) in [5, 5.41) is 0. The molecule has 0 N–H and O–H groups in total. The minimum Gasteiger partial charge on any atom is -0.379 e. The van der Waals surface area contributed by atoms with Crippen molar-refractivity contribution in [2.45, 2.75) is 13.3 Å². The predicted molar refractivity (Wildman–Crippen MR) is 44.4 cm³/mol. The summed E-state index contributed by atoms with van der Waals surface area (Å²) in [6, 6.07) is 0. The molecule has 61 valence electrons. The second kappa shape index (κ2) is 9.27. The number of hydrogen-bond acceptors (Lipinski definition) is 2. The third kappa shape index (κ3) is 8.27. The molecule has 0 saturated heterocycles. The Balaban J connectivity index is 2.65. The quantitative estimate of drug-likeness (QED) is 0.531. The maximum atomic E-state index is 5.17. The van der Waals surface area contributed by atoms with E-state index in [0.717, 1.165) is 13.0 Å². The van der Waals surface area contributed by atoms with Crippen LogP contribution >= 0.6 is 12.6 Å². The SMILES string of the molecule is CCCOCCOCC[S]. The fourth-order valence-corrected chi connectivity index (χ4v) is 0.643. The molecule has 0 unspecified atom stereocenters. The minimum absolute atomic E-state index is 0.671. The molecule has 1 radical (unpaired) electrons. The lowest BCUT2D eigenvalue weighted by molar-refractivity contribution is 0.0542. The maximum Gasteiger partial charge on any atom is 0.0700 e. The van der Waals surface area contributed by atoms with Crippen LogP contribution in [0.5, 0.6) is 0 Å². The van der Waals surface area contributed by atoms with Crippen LogP contribution in [-0.4, -0.2) is 32.2 Å². The first kappa shape index (κ1) is 10.3. The smallest absolute Gasteiger partial charge is 0.0700 e. The van der Waals surface area contributed by atoms with Crippen LogP contribution in [0, 0.1) is 0 Å². The largest absolute Gasteiger partial charge is 0.379 e. The molecule has 0 fully saturated rings. The molecule has 0 rings (SSSR count). The van der Waals surface area contributed by atoms with Gasteiger partial charge in [0.15, 0.2) is 0 Å². The summed E-state index contributed by atoms with van der Waals surface area (Å²) < 4.78 is 10.3. The second-order valence-corrected chi connectivity index (χ2v) is 2.34. The maximum absolute atomic E-state index is 5.17. The summed E-state index contributed by atoms with van der Waals surface area (Å²) in [5.41, 5.74) is 0. The lowest BCUT2D eigenvalue weighted by Crippen LogP contribution is -2.06. The molecule has 0 amide bonds. The van der Waals surface area contributed by atoms with Crippen LogP contribution in [-0.2, 0) is 9.47 Å². The molecular formula is C7H15O2S. The van der Waals surface area contributed by atoms with E-state index in [4.69, 9.17) is 9.47 Å². The highest BCUT2D eigenvalue weighted by molar-refractivity contribution is 7.80. The van der Waals surface area contributed by atoms with Gasteiger partial charge in [-0.25, -0.2) is 0 Å². The van der Waals surface area contributed by atoms with Gasteiger partial charge in [0.05, 0.1) is 19.8 Å². The number of ether oxygens (including phenoxy) is 2. The average Bonchev–Trinajstić information content (AvgIpc) is 1.97. The molecule has 3 heteroatoms. The molecule has 0 aromatic carbocycles. The van der Waals surface area contributed by atoms with E-state index in [1.54, 1.807) is 0 Å². The van der Waals surface area contributed by atoms with E-state index in [2.05, 4.69) is 19.6 Å². The first-order valence-corrected chi connectivity index (χ1v) is 4.23. The van der Waals surface area contributed by atoms with Gasteiger partial charge in [0.1, 0.15) is 0 Å². The van der Waals surface area contributed by atoms with Crippen LogP contribution < -0.4 is 0 Å². The Morgan fingerprint density at radius 1 is 1.00 bits per heavy atom. The van der Waals surface area contributed by atoms with Crippen molar-refractivity contribution in [2.75, 3.05) is 32.2 Å². The van der Waals surface area contributed by atoms with Crippen molar-refractivity contribution in [1.82, 2.24) is 0 Å². The summed E-state index contributed by atoms with van der Waals surface area (Å²) in [4.78, 5) is 0. The molecular weight excluding hydrogens is 148 g/mol.